The number of amides is 6. The summed E-state index contributed by atoms with van der Waals surface area (Å²) in [6, 6.07) is 21.6. The van der Waals surface area contributed by atoms with Gasteiger partial charge in [-0.1, -0.05) is 73.5 Å². The second-order valence-electron chi connectivity index (χ2n) is 23.3. The largest absolute Gasteiger partial charge is 0.481 e. The van der Waals surface area contributed by atoms with Crippen LogP contribution in [0.25, 0.3) is 0 Å². The molecule has 68 heavy (non-hydrogen) atoms. The third-order valence-corrected chi connectivity index (χ3v) is 17.6. The Hall–Kier alpha value is -4.69. The topological polar surface area (TPSA) is 163 Å². The maximum Gasteiger partial charge on any atom is 0.320 e. The molecule has 4 N–H and O–H groups in total. The van der Waals surface area contributed by atoms with Crippen LogP contribution in [0.3, 0.4) is 0 Å². The Bertz CT molecular complexity index is 2100. The van der Waals surface area contributed by atoms with Crippen LogP contribution in [-0.4, -0.2) is 149 Å². The molecule has 14 nitrogen and oxygen atoms in total. The van der Waals surface area contributed by atoms with E-state index in [0.29, 0.717) is 31.5 Å². The molecule has 0 atom stereocenters. The number of carboxylic acid groups (broad SMARTS) is 1. The summed E-state index contributed by atoms with van der Waals surface area (Å²) in [4.78, 5) is 75.8. The molecular weight excluding hydrogens is 857 g/mol. The van der Waals surface area contributed by atoms with Crippen molar-refractivity contribution in [1.29, 1.82) is 0 Å². The first-order valence-electron chi connectivity index (χ1n) is 25.5. The summed E-state index contributed by atoms with van der Waals surface area (Å²) in [5.41, 5.74) is 5.65. The molecular formula is C54H82N8O6. The van der Waals surface area contributed by atoms with Gasteiger partial charge in [-0.15, -0.1) is 0 Å². The molecule has 0 radical (unpaired) electrons. The number of carboxylic acids is 1. The molecule has 2 saturated heterocycles. The fourth-order valence-electron chi connectivity index (χ4n) is 12.5. The molecule has 0 aromatic heterocycles. The highest BCUT2D eigenvalue weighted by atomic mass is 16.4. The zero-order valence-electron chi connectivity index (χ0n) is 42.5. The van der Waals surface area contributed by atoms with Gasteiger partial charge in [0.05, 0.1) is 28.5 Å². The van der Waals surface area contributed by atoms with Crippen molar-refractivity contribution in [1.82, 2.24) is 34.7 Å². The van der Waals surface area contributed by atoms with Crippen LogP contribution in [0.5, 0.6) is 0 Å². The Morgan fingerprint density at radius 2 is 1.00 bits per heavy atom. The first kappa shape index (κ1) is 51.2. The van der Waals surface area contributed by atoms with Gasteiger partial charge in [-0.3, -0.25) is 24.2 Å². The van der Waals surface area contributed by atoms with E-state index in [2.05, 4.69) is 114 Å². The van der Waals surface area contributed by atoms with Crippen molar-refractivity contribution in [2.75, 3.05) is 74.0 Å². The summed E-state index contributed by atoms with van der Waals surface area (Å²) >= 11 is 0. The van der Waals surface area contributed by atoms with Gasteiger partial charge in [-0.25, -0.2) is 9.59 Å². The van der Waals surface area contributed by atoms with Crippen molar-refractivity contribution < 1.29 is 29.1 Å². The van der Waals surface area contributed by atoms with Crippen LogP contribution in [0.2, 0.25) is 0 Å². The van der Waals surface area contributed by atoms with E-state index in [1.807, 2.05) is 23.6 Å². The average Bonchev–Trinajstić information content (AvgIpc) is 3.66. The lowest BCUT2D eigenvalue weighted by Gasteiger charge is -2.51. The van der Waals surface area contributed by atoms with Gasteiger partial charge in [0.2, 0.25) is 11.8 Å². The van der Waals surface area contributed by atoms with Crippen molar-refractivity contribution in [2.45, 2.75) is 140 Å². The monoisotopic (exact) mass is 939 g/mol. The van der Waals surface area contributed by atoms with Gasteiger partial charge >= 0.3 is 18.0 Å². The van der Waals surface area contributed by atoms with Crippen molar-refractivity contribution in [2.24, 2.45) is 28.4 Å². The van der Waals surface area contributed by atoms with E-state index in [9.17, 15) is 29.1 Å². The number of carbonyl (C=O) groups excluding carboxylic acids is 4. The number of rotatable bonds is 16. The molecule has 4 aliphatic carbocycles. The predicted molar refractivity (Wildman–Crippen MR) is 265 cm³/mol. The third-order valence-electron chi connectivity index (χ3n) is 17.6. The Labute approximate surface area is 406 Å². The summed E-state index contributed by atoms with van der Waals surface area (Å²) in [6.45, 7) is 10.4. The number of nitrogens with zero attached hydrogens (tertiary/aromatic N) is 6. The maximum atomic E-state index is 13.8. The van der Waals surface area contributed by atoms with Gasteiger partial charge in [0.1, 0.15) is 0 Å². The molecule has 2 aromatic rings. The average molecular weight is 939 g/mol. The Balaban J connectivity index is 0.000000203. The highest BCUT2D eigenvalue weighted by Crippen LogP contribution is 2.52. The van der Waals surface area contributed by atoms with Crippen LogP contribution in [0.4, 0.5) is 9.59 Å². The van der Waals surface area contributed by atoms with E-state index in [4.69, 9.17) is 5.73 Å². The normalized spacial score (nSPS) is 28.0. The number of hydrogen-bond acceptors (Lipinski definition) is 7. The molecule has 374 valence electrons. The lowest BCUT2D eigenvalue weighted by atomic mass is 9.68. The number of primary amides is 1. The smallest absolute Gasteiger partial charge is 0.320 e. The minimum atomic E-state index is -0.949. The lowest BCUT2D eigenvalue weighted by molar-refractivity contribution is -0.147. The summed E-state index contributed by atoms with van der Waals surface area (Å²) in [7, 11) is 8.66. The Morgan fingerprint density at radius 3 is 1.31 bits per heavy atom. The second-order valence-corrected chi connectivity index (χ2v) is 23.3. The minimum absolute atomic E-state index is 0.0224. The van der Waals surface area contributed by atoms with Gasteiger partial charge < -0.3 is 35.8 Å². The molecule has 0 bridgehead atoms. The highest BCUT2D eigenvalue weighted by molar-refractivity contribution is 5.88. The number of aliphatic carboxylic acids is 1. The number of urea groups is 2. The molecule has 6 aliphatic rings. The number of nitrogens with one attached hydrogen (secondary N) is 1. The van der Waals surface area contributed by atoms with Crippen molar-refractivity contribution in [3.8, 4) is 0 Å². The zero-order valence-corrected chi connectivity index (χ0v) is 42.5. The summed E-state index contributed by atoms with van der Waals surface area (Å²) in [5, 5.41) is 12.3. The van der Waals surface area contributed by atoms with Gasteiger partial charge in [-0.05, 0) is 156 Å². The number of nitrogens with two attached hydrogens (primary N) is 1. The predicted octanol–water partition coefficient (Wildman–Crippen LogP) is 7.33. The van der Waals surface area contributed by atoms with E-state index in [1.54, 1.807) is 13.8 Å². The summed E-state index contributed by atoms with van der Waals surface area (Å²) in [6.07, 6.45) is 15.0. The second kappa shape index (κ2) is 20.0. The van der Waals surface area contributed by atoms with E-state index < -0.39 is 22.7 Å². The molecule has 2 aliphatic heterocycles. The van der Waals surface area contributed by atoms with E-state index >= 15 is 0 Å². The molecule has 8 rings (SSSR count). The maximum absolute atomic E-state index is 13.8. The van der Waals surface area contributed by atoms with Gasteiger partial charge in [-0.2, -0.15) is 0 Å². The Kier molecular flexibility index (Phi) is 15.0. The van der Waals surface area contributed by atoms with Gasteiger partial charge in [0.15, 0.2) is 0 Å². The first-order valence-corrected chi connectivity index (χ1v) is 25.5. The molecule has 2 heterocycles. The number of benzene rings is 2. The standard InChI is InChI=1S/C28H43N5O3.C26H39N3O3/c1-26(2,24(35)30-17-23(29)34)19-32-20-27(33(25(32)36)18-21-9-8-10-21)13-15-28(16-14-27,31(3)4)22-11-6-5-7-12-22;1-24(2,22(30)31)18-28-19-25(29(23(28)32)17-20-9-8-10-20)13-15-26(16-14-25,27(3)4)21-11-6-5-7-12-21/h5-7,11-12,21H,8-10,13-20H2,1-4H3,(H2,29,34)(H,30,35);5-7,11-12,20H,8-10,13-19H2,1-4H3,(H,30,31). The minimum Gasteiger partial charge on any atom is -0.481 e. The first-order chi connectivity index (χ1) is 32.1. The van der Waals surface area contributed by atoms with Crippen molar-refractivity contribution >= 4 is 29.8 Å². The zero-order chi connectivity index (χ0) is 49.3. The van der Waals surface area contributed by atoms with Crippen LogP contribution in [-0.2, 0) is 25.5 Å². The summed E-state index contributed by atoms with van der Waals surface area (Å²) < 4.78 is 0. The van der Waals surface area contributed by atoms with Crippen molar-refractivity contribution in [3.63, 3.8) is 0 Å². The molecule has 2 spiro atoms. The quantitative estimate of drug-likeness (QED) is 0.158. The van der Waals surface area contributed by atoms with Crippen LogP contribution in [0, 0.1) is 22.7 Å². The molecule has 14 heteroatoms. The van der Waals surface area contributed by atoms with Crippen molar-refractivity contribution in [3.05, 3.63) is 71.8 Å². The van der Waals surface area contributed by atoms with Crippen LogP contribution < -0.4 is 11.1 Å². The molecule has 4 saturated carbocycles. The summed E-state index contributed by atoms with van der Waals surface area (Å²) in [5.74, 6) is -0.520. The van der Waals surface area contributed by atoms with E-state index in [0.717, 1.165) is 64.5 Å². The number of hydrogen-bond donors (Lipinski definition) is 3. The third kappa shape index (κ3) is 10.1. The van der Waals surface area contributed by atoms with Crippen LogP contribution in [0.1, 0.15) is 129 Å². The molecule has 6 fully saturated rings. The van der Waals surface area contributed by atoms with Gasteiger partial charge in [0, 0.05) is 50.3 Å². The molecule has 0 unspecified atom stereocenters. The van der Waals surface area contributed by atoms with E-state index in [1.165, 1.54) is 49.7 Å². The number of carbonyl (C=O) groups is 5. The lowest BCUT2D eigenvalue weighted by Crippen LogP contribution is -2.56. The highest BCUT2D eigenvalue weighted by Gasteiger charge is 2.57. The Morgan fingerprint density at radius 1 is 0.632 bits per heavy atom. The van der Waals surface area contributed by atoms with Crippen LogP contribution >= 0.6 is 0 Å². The SMILES string of the molecule is CN(C)C1(c2ccccc2)CCC2(CC1)CN(CC(C)(C)C(=O)NCC(N)=O)C(=O)N2CC1CCC1.CN(C)C1(c2ccccc2)CCC2(CC1)CN(CC(C)(C)C(=O)O)C(=O)N2CC1CCC1. The molecule has 6 amide bonds. The molecule has 2 aromatic carbocycles. The fraction of sp³-hybridized carbons (Fsp3) is 0.685. The fourth-order valence-corrected chi connectivity index (χ4v) is 12.5. The van der Waals surface area contributed by atoms with Crippen LogP contribution in [0.15, 0.2) is 60.7 Å². The van der Waals surface area contributed by atoms with Gasteiger partial charge in [0.25, 0.3) is 0 Å². The van der Waals surface area contributed by atoms with E-state index in [-0.39, 0.29) is 53.2 Å².